The number of rotatable bonds is 5. The zero-order chi connectivity index (χ0) is 12.5. The van der Waals surface area contributed by atoms with Crippen molar-refractivity contribution in [1.82, 2.24) is 5.32 Å². The minimum absolute atomic E-state index is 0.219. The lowest BCUT2D eigenvalue weighted by Crippen LogP contribution is -2.33. The summed E-state index contributed by atoms with van der Waals surface area (Å²) in [6.07, 6.45) is 0.933. The van der Waals surface area contributed by atoms with Gasteiger partial charge in [-0.15, -0.1) is 0 Å². The Labute approximate surface area is 101 Å². The maximum absolute atomic E-state index is 11.4. The molecule has 0 fully saturated rings. The van der Waals surface area contributed by atoms with Crippen molar-refractivity contribution in [2.45, 2.75) is 32.4 Å². The number of alkyl carbamates (subject to hydrolysis) is 1. The van der Waals surface area contributed by atoms with Crippen LogP contribution in [0.1, 0.15) is 25.3 Å². The second-order valence-electron chi connectivity index (χ2n) is 3.68. The van der Waals surface area contributed by atoms with E-state index >= 15 is 0 Å². The first kappa shape index (κ1) is 13.0. The lowest BCUT2D eigenvalue weighted by molar-refractivity contribution is 0.137. The minimum Gasteiger partial charge on any atom is -0.445 e. The lowest BCUT2D eigenvalue weighted by Gasteiger charge is -2.10. The summed E-state index contributed by atoms with van der Waals surface area (Å²) in [5, 5.41) is 11.3. The summed E-state index contributed by atoms with van der Waals surface area (Å²) in [5.74, 6) is 0. The molecule has 1 rings (SSSR count). The highest BCUT2D eigenvalue weighted by atomic mass is 16.5. The molecule has 4 nitrogen and oxygen atoms in total. The Hall–Kier alpha value is -2.02. The highest BCUT2D eigenvalue weighted by Gasteiger charge is 2.10. The van der Waals surface area contributed by atoms with Crippen molar-refractivity contribution in [2.75, 3.05) is 0 Å². The minimum atomic E-state index is -0.547. The molecule has 1 atom stereocenters. The molecule has 1 amide bonds. The van der Waals surface area contributed by atoms with Crippen LogP contribution in [-0.2, 0) is 11.3 Å². The van der Waals surface area contributed by atoms with Gasteiger partial charge in [0.1, 0.15) is 12.6 Å². The number of carbonyl (C=O) groups is 1. The van der Waals surface area contributed by atoms with Gasteiger partial charge in [0.2, 0.25) is 0 Å². The second-order valence-corrected chi connectivity index (χ2v) is 3.68. The van der Waals surface area contributed by atoms with Crippen LogP contribution in [0, 0.1) is 11.3 Å². The van der Waals surface area contributed by atoms with Crippen molar-refractivity contribution in [3.8, 4) is 6.07 Å². The first-order valence-electron chi connectivity index (χ1n) is 5.63. The molecule has 1 unspecified atom stereocenters. The van der Waals surface area contributed by atoms with Crippen LogP contribution in [-0.4, -0.2) is 12.1 Å². The number of carbonyl (C=O) groups excluding carboxylic acids is 1. The second kappa shape index (κ2) is 7.29. The zero-order valence-corrected chi connectivity index (χ0v) is 9.85. The Morgan fingerprint density at radius 3 is 2.76 bits per heavy atom. The van der Waals surface area contributed by atoms with Gasteiger partial charge >= 0.3 is 6.09 Å². The number of nitriles is 1. The number of nitrogens with zero attached hydrogens (tertiary/aromatic N) is 1. The van der Waals surface area contributed by atoms with Crippen molar-refractivity contribution >= 4 is 6.09 Å². The molecule has 17 heavy (non-hydrogen) atoms. The zero-order valence-electron chi connectivity index (χ0n) is 9.85. The molecule has 0 heterocycles. The number of benzene rings is 1. The molecule has 0 saturated carbocycles. The molecule has 90 valence electrons. The van der Waals surface area contributed by atoms with E-state index in [9.17, 15) is 4.79 Å². The summed E-state index contributed by atoms with van der Waals surface area (Å²) in [5.41, 5.74) is 0.923. The van der Waals surface area contributed by atoms with Gasteiger partial charge in [-0.25, -0.2) is 4.79 Å². The van der Waals surface area contributed by atoms with E-state index in [2.05, 4.69) is 5.32 Å². The molecule has 0 spiro atoms. The number of nitrogens with one attached hydrogen (secondary N) is 1. The van der Waals surface area contributed by atoms with E-state index in [-0.39, 0.29) is 6.61 Å². The monoisotopic (exact) mass is 232 g/mol. The number of hydrogen-bond donors (Lipinski definition) is 1. The van der Waals surface area contributed by atoms with Crippen molar-refractivity contribution in [3.63, 3.8) is 0 Å². The van der Waals surface area contributed by atoms with Crippen LogP contribution in [0.4, 0.5) is 4.79 Å². The van der Waals surface area contributed by atoms with Gasteiger partial charge in [-0.05, 0) is 12.0 Å². The molecular formula is C13H16N2O2. The van der Waals surface area contributed by atoms with E-state index in [0.717, 1.165) is 12.0 Å². The van der Waals surface area contributed by atoms with E-state index in [4.69, 9.17) is 10.00 Å². The van der Waals surface area contributed by atoms with Crippen molar-refractivity contribution in [1.29, 1.82) is 5.26 Å². The lowest BCUT2D eigenvalue weighted by atomic mass is 10.2. The predicted octanol–water partition coefficient (Wildman–Crippen LogP) is 2.61. The molecular weight excluding hydrogens is 216 g/mol. The summed E-state index contributed by atoms with van der Waals surface area (Å²) in [7, 11) is 0. The van der Waals surface area contributed by atoms with Crippen LogP contribution < -0.4 is 5.32 Å². The number of ether oxygens (including phenoxy) is 1. The van der Waals surface area contributed by atoms with Gasteiger partial charge in [0.15, 0.2) is 0 Å². The Kier molecular flexibility index (Phi) is 5.59. The van der Waals surface area contributed by atoms with Crippen LogP contribution in [0.3, 0.4) is 0 Å². The number of hydrogen-bond acceptors (Lipinski definition) is 3. The average molecular weight is 232 g/mol. The third kappa shape index (κ3) is 5.03. The quantitative estimate of drug-likeness (QED) is 0.848. The Morgan fingerprint density at radius 1 is 1.47 bits per heavy atom. The molecule has 4 heteroatoms. The van der Waals surface area contributed by atoms with E-state index in [1.54, 1.807) is 0 Å². The van der Waals surface area contributed by atoms with Gasteiger partial charge in [-0.3, -0.25) is 0 Å². The molecule has 1 aromatic carbocycles. The van der Waals surface area contributed by atoms with Gasteiger partial charge < -0.3 is 10.1 Å². The van der Waals surface area contributed by atoms with Gasteiger partial charge in [-0.2, -0.15) is 5.26 Å². The van der Waals surface area contributed by atoms with Crippen LogP contribution in [0.5, 0.6) is 0 Å². The molecule has 0 aliphatic carbocycles. The first-order chi connectivity index (χ1) is 8.26. The van der Waals surface area contributed by atoms with E-state index in [1.807, 2.05) is 43.3 Å². The normalized spacial score (nSPS) is 11.3. The Bertz CT molecular complexity index is 384. The summed E-state index contributed by atoms with van der Waals surface area (Å²) in [4.78, 5) is 11.4. The van der Waals surface area contributed by atoms with Crippen molar-refractivity contribution < 1.29 is 9.53 Å². The fourth-order valence-electron chi connectivity index (χ4n) is 1.36. The summed E-state index contributed by atoms with van der Waals surface area (Å²) < 4.78 is 5.01. The van der Waals surface area contributed by atoms with Crippen LogP contribution in [0.25, 0.3) is 0 Å². The van der Waals surface area contributed by atoms with Crippen LogP contribution in [0.15, 0.2) is 30.3 Å². The predicted molar refractivity (Wildman–Crippen MR) is 64.1 cm³/mol. The Morgan fingerprint density at radius 2 is 2.18 bits per heavy atom. The molecule has 0 radical (unpaired) electrons. The SMILES string of the molecule is CCCC(C#N)NC(=O)OCc1ccccc1. The van der Waals surface area contributed by atoms with Gasteiger partial charge in [0.05, 0.1) is 6.07 Å². The molecule has 1 N–H and O–H groups in total. The molecule has 0 aromatic heterocycles. The van der Waals surface area contributed by atoms with Gasteiger partial charge in [-0.1, -0.05) is 43.7 Å². The Balaban J connectivity index is 2.33. The molecule has 0 aliphatic heterocycles. The van der Waals surface area contributed by atoms with E-state index < -0.39 is 12.1 Å². The van der Waals surface area contributed by atoms with Crippen molar-refractivity contribution in [3.05, 3.63) is 35.9 Å². The van der Waals surface area contributed by atoms with Crippen LogP contribution in [0.2, 0.25) is 0 Å². The first-order valence-corrected chi connectivity index (χ1v) is 5.63. The van der Waals surface area contributed by atoms with E-state index in [1.165, 1.54) is 0 Å². The van der Waals surface area contributed by atoms with Gasteiger partial charge in [0, 0.05) is 0 Å². The third-order valence-corrected chi connectivity index (χ3v) is 2.24. The molecule has 1 aromatic rings. The standard InChI is InChI=1S/C13H16N2O2/c1-2-6-12(9-14)15-13(16)17-10-11-7-4-3-5-8-11/h3-5,7-8,12H,2,6,10H2,1H3,(H,15,16). The highest BCUT2D eigenvalue weighted by Crippen LogP contribution is 2.01. The summed E-state index contributed by atoms with van der Waals surface area (Å²) in [6.45, 7) is 2.18. The topological polar surface area (TPSA) is 62.1 Å². The average Bonchev–Trinajstić information content (AvgIpc) is 2.37. The maximum Gasteiger partial charge on any atom is 0.408 e. The van der Waals surface area contributed by atoms with E-state index in [0.29, 0.717) is 6.42 Å². The van der Waals surface area contributed by atoms with Gasteiger partial charge in [0.25, 0.3) is 0 Å². The third-order valence-electron chi connectivity index (χ3n) is 2.24. The highest BCUT2D eigenvalue weighted by molar-refractivity contribution is 5.68. The van der Waals surface area contributed by atoms with Crippen molar-refractivity contribution in [2.24, 2.45) is 0 Å². The molecule has 0 saturated heterocycles. The molecule has 0 aliphatic rings. The maximum atomic E-state index is 11.4. The fourth-order valence-corrected chi connectivity index (χ4v) is 1.36. The summed E-state index contributed by atoms with van der Waals surface area (Å²) in [6, 6.07) is 11.0. The molecule has 0 bridgehead atoms. The van der Waals surface area contributed by atoms with Crippen LogP contribution >= 0.6 is 0 Å². The smallest absolute Gasteiger partial charge is 0.408 e. The largest absolute Gasteiger partial charge is 0.445 e. The summed E-state index contributed by atoms with van der Waals surface area (Å²) >= 11 is 0. The fraction of sp³-hybridized carbons (Fsp3) is 0.385. The number of amides is 1.